The summed E-state index contributed by atoms with van der Waals surface area (Å²) in [4.78, 5) is 11.9. The van der Waals surface area contributed by atoms with Gasteiger partial charge in [-0.05, 0) is 0 Å². The maximum atomic E-state index is 10.7. The van der Waals surface area contributed by atoms with E-state index in [2.05, 4.69) is 0 Å². The van der Waals surface area contributed by atoms with Crippen molar-refractivity contribution in [3.05, 3.63) is 0 Å². The molecule has 0 atom stereocenters. The highest BCUT2D eigenvalue weighted by molar-refractivity contribution is 5.73. The van der Waals surface area contributed by atoms with Gasteiger partial charge in [0.15, 0.2) is 0 Å². The number of nitrogens with one attached hydrogen (secondary N) is 1. The maximum absolute atomic E-state index is 10.7. The summed E-state index contributed by atoms with van der Waals surface area (Å²) < 4.78 is 0. The summed E-state index contributed by atoms with van der Waals surface area (Å²) >= 11 is 0. The molecular formula is C5H13N3O3. The molecule has 0 unspecified atom stereocenters. The molecule has 6 nitrogen and oxygen atoms in total. The van der Waals surface area contributed by atoms with Gasteiger partial charge in [-0.25, -0.2) is 10.6 Å². The molecule has 0 saturated heterocycles. The van der Waals surface area contributed by atoms with Gasteiger partial charge in [0.25, 0.3) is 0 Å². The average Bonchev–Trinajstić information content (AvgIpc) is 2.05. The van der Waals surface area contributed by atoms with Crippen molar-refractivity contribution in [2.45, 2.75) is 6.04 Å². The van der Waals surface area contributed by atoms with Gasteiger partial charge in [0.1, 0.15) is 0 Å². The average molecular weight is 163 g/mol. The van der Waals surface area contributed by atoms with Gasteiger partial charge in [-0.2, -0.15) is 0 Å². The van der Waals surface area contributed by atoms with Gasteiger partial charge in [-0.3, -0.25) is 5.43 Å². The summed E-state index contributed by atoms with van der Waals surface area (Å²) in [5.74, 6) is 4.82. The summed E-state index contributed by atoms with van der Waals surface area (Å²) in [5.41, 5.74) is 1.88. The molecule has 0 spiro atoms. The number of carbonyl (C=O) groups is 1. The standard InChI is InChI=1S/C5H13N3O3/c1-8(5(11)7-6)4(2-9)3-10/h4,9-10H,2-3,6H2,1H3,(H,7,11). The Morgan fingerprint density at radius 3 is 2.36 bits per heavy atom. The van der Waals surface area contributed by atoms with Gasteiger partial charge in [0.2, 0.25) is 0 Å². The van der Waals surface area contributed by atoms with Gasteiger partial charge in [-0.1, -0.05) is 0 Å². The second-order valence-electron chi connectivity index (χ2n) is 2.08. The first kappa shape index (κ1) is 10.2. The van der Waals surface area contributed by atoms with Crippen molar-refractivity contribution < 1.29 is 15.0 Å². The van der Waals surface area contributed by atoms with E-state index in [1.807, 2.05) is 5.43 Å². The number of likely N-dealkylation sites (N-methyl/N-ethyl adjacent to an activating group) is 1. The zero-order valence-corrected chi connectivity index (χ0v) is 6.32. The zero-order chi connectivity index (χ0) is 8.85. The van der Waals surface area contributed by atoms with Gasteiger partial charge in [0, 0.05) is 7.05 Å². The molecule has 0 heterocycles. The van der Waals surface area contributed by atoms with Crippen molar-refractivity contribution in [1.29, 1.82) is 0 Å². The van der Waals surface area contributed by atoms with Crippen LogP contribution in [0.5, 0.6) is 0 Å². The van der Waals surface area contributed by atoms with Crippen LogP contribution in [-0.2, 0) is 0 Å². The van der Waals surface area contributed by atoms with E-state index in [4.69, 9.17) is 16.1 Å². The van der Waals surface area contributed by atoms with E-state index < -0.39 is 12.1 Å². The number of nitrogens with zero attached hydrogens (tertiary/aromatic N) is 1. The first-order chi connectivity index (χ1) is 5.17. The molecule has 0 aliphatic rings. The van der Waals surface area contributed by atoms with Crippen molar-refractivity contribution in [1.82, 2.24) is 10.3 Å². The van der Waals surface area contributed by atoms with Gasteiger partial charge >= 0.3 is 6.03 Å². The number of hydrazine groups is 1. The largest absolute Gasteiger partial charge is 0.394 e. The van der Waals surface area contributed by atoms with Crippen molar-refractivity contribution in [2.24, 2.45) is 5.84 Å². The zero-order valence-electron chi connectivity index (χ0n) is 6.32. The van der Waals surface area contributed by atoms with Crippen LogP contribution < -0.4 is 11.3 Å². The molecule has 0 aliphatic heterocycles. The van der Waals surface area contributed by atoms with Gasteiger partial charge in [-0.15, -0.1) is 0 Å². The highest BCUT2D eigenvalue weighted by atomic mass is 16.3. The van der Waals surface area contributed by atoms with E-state index in [1.165, 1.54) is 7.05 Å². The van der Waals surface area contributed by atoms with Crippen LogP contribution in [-0.4, -0.2) is 47.4 Å². The third-order valence-corrected chi connectivity index (χ3v) is 1.41. The van der Waals surface area contributed by atoms with E-state index in [1.54, 1.807) is 0 Å². The van der Waals surface area contributed by atoms with Crippen LogP contribution in [0.15, 0.2) is 0 Å². The number of nitrogens with two attached hydrogens (primary N) is 1. The molecule has 0 aromatic carbocycles. The lowest BCUT2D eigenvalue weighted by molar-refractivity contribution is 0.105. The summed E-state index contributed by atoms with van der Waals surface area (Å²) in [6.07, 6.45) is 0. The minimum Gasteiger partial charge on any atom is -0.394 e. The summed E-state index contributed by atoms with van der Waals surface area (Å²) in [6.45, 7) is -0.582. The molecule has 0 aromatic rings. The number of rotatable bonds is 3. The Bertz CT molecular complexity index is 126. The summed E-state index contributed by atoms with van der Waals surface area (Å²) in [7, 11) is 1.43. The monoisotopic (exact) mass is 163 g/mol. The van der Waals surface area contributed by atoms with Crippen molar-refractivity contribution in [3.8, 4) is 0 Å². The molecule has 0 aromatic heterocycles. The summed E-state index contributed by atoms with van der Waals surface area (Å²) in [5, 5.41) is 17.2. The number of carbonyl (C=O) groups excluding carboxylic acids is 1. The molecule has 66 valence electrons. The smallest absolute Gasteiger partial charge is 0.331 e. The Balaban J connectivity index is 3.97. The minimum absolute atomic E-state index is 0.291. The van der Waals surface area contributed by atoms with E-state index >= 15 is 0 Å². The fourth-order valence-corrected chi connectivity index (χ4v) is 0.570. The summed E-state index contributed by atoms with van der Waals surface area (Å²) in [6, 6.07) is -1.14. The van der Waals surface area contributed by atoms with Gasteiger partial charge < -0.3 is 15.1 Å². The Labute approximate surface area is 64.6 Å². The van der Waals surface area contributed by atoms with Crippen molar-refractivity contribution in [3.63, 3.8) is 0 Å². The lowest BCUT2D eigenvalue weighted by Crippen LogP contribution is -2.49. The van der Waals surface area contributed by atoms with Gasteiger partial charge in [0.05, 0.1) is 19.3 Å². The van der Waals surface area contributed by atoms with Crippen LogP contribution in [0, 0.1) is 0 Å². The molecule has 0 bridgehead atoms. The second kappa shape index (κ2) is 4.89. The number of aliphatic hydroxyl groups excluding tert-OH is 2. The number of aliphatic hydroxyl groups is 2. The fraction of sp³-hybridized carbons (Fsp3) is 0.800. The van der Waals surface area contributed by atoms with Crippen molar-refractivity contribution >= 4 is 6.03 Å². The molecular weight excluding hydrogens is 150 g/mol. The van der Waals surface area contributed by atoms with Crippen LogP contribution in [0.3, 0.4) is 0 Å². The van der Waals surface area contributed by atoms with E-state index in [-0.39, 0.29) is 13.2 Å². The van der Waals surface area contributed by atoms with Crippen LogP contribution in [0.4, 0.5) is 4.79 Å². The molecule has 0 rings (SSSR count). The second-order valence-corrected chi connectivity index (χ2v) is 2.08. The first-order valence-corrected chi connectivity index (χ1v) is 3.12. The Morgan fingerprint density at radius 1 is 1.64 bits per heavy atom. The number of amides is 2. The lowest BCUT2D eigenvalue weighted by Gasteiger charge is -2.23. The van der Waals surface area contributed by atoms with E-state index in [9.17, 15) is 4.79 Å². The normalized spacial score (nSPS) is 9.91. The highest BCUT2D eigenvalue weighted by Gasteiger charge is 2.16. The van der Waals surface area contributed by atoms with Crippen LogP contribution >= 0.6 is 0 Å². The Hall–Kier alpha value is -0.850. The topological polar surface area (TPSA) is 98.8 Å². The molecule has 0 fully saturated rings. The predicted molar refractivity (Wildman–Crippen MR) is 38.4 cm³/mol. The molecule has 11 heavy (non-hydrogen) atoms. The maximum Gasteiger partial charge on any atom is 0.331 e. The molecule has 0 saturated carbocycles. The molecule has 6 heteroatoms. The SMILES string of the molecule is CN(C(=O)NN)C(CO)CO. The molecule has 5 N–H and O–H groups in total. The lowest BCUT2D eigenvalue weighted by atomic mass is 10.3. The van der Waals surface area contributed by atoms with E-state index in [0.29, 0.717) is 0 Å². The van der Waals surface area contributed by atoms with Crippen LogP contribution in [0.1, 0.15) is 0 Å². The fourth-order valence-electron chi connectivity index (χ4n) is 0.570. The predicted octanol–water partition coefficient (Wildman–Crippen LogP) is -2.15. The van der Waals surface area contributed by atoms with Crippen LogP contribution in [0.2, 0.25) is 0 Å². The van der Waals surface area contributed by atoms with E-state index in [0.717, 1.165) is 4.90 Å². The Kier molecular flexibility index (Phi) is 4.51. The highest BCUT2D eigenvalue weighted by Crippen LogP contribution is 1.93. The number of hydrogen-bond donors (Lipinski definition) is 4. The number of hydrogen-bond acceptors (Lipinski definition) is 4. The first-order valence-electron chi connectivity index (χ1n) is 3.12. The Morgan fingerprint density at radius 2 is 2.09 bits per heavy atom. The number of urea groups is 1. The minimum atomic E-state index is -0.599. The molecule has 2 amide bonds. The van der Waals surface area contributed by atoms with Crippen molar-refractivity contribution in [2.75, 3.05) is 20.3 Å². The third kappa shape index (κ3) is 2.71. The molecule has 0 aliphatic carbocycles. The van der Waals surface area contributed by atoms with Crippen LogP contribution in [0.25, 0.3) is 0 Å². The quantitative estimate of drug-likeness (QED) is 0.217. The third-order valence-electron chi connectivity index (χ3n) is 1.41. The molecule has 0 radical (unpaired) electrons.